The van der Waals surface area contributed by atoms with Crippen LogP contribution in [0.1, 0.15) is 35.3 Å². The molecule has 3 heteroatoms. The van der Waals surface area contributed by atoms with Crippen LogP contribution in [-0.4, -0.2) is 30.4 Å². The Hall–Kier alpha value is -1.79. The van der Waals surface area contributed by atoms with Crippen molar-refractivity contribution in [2.24, 2.45) is 5.73 Å². The number of amides is 1. The van der Waals surface area contributed by atoms with E-state index in [2.05, 4.69) is 11.8 Å². The van der Waals surface area contributed by atoms with E-state index < -0.39 is 0 Å². The van der Waals surface area contributed by atoms with Crippen LogP contribution >= 0.6 is 0 Å². The van der Waals surface area contributed by atoms with Crippen LogP contribution in [0.5, 0.6) is 0 Å². The summed E-state index contributed by atoms with van der Waals surface area (Å²) < 4.78 is 0. The van der Waals surface area contributed by atoms with Gasteiger partial charge in [0, 0.05) is 24.2 Å². The molecule has 0 aliphatic heterocycles. The normalized spacial score (nSPS) is 9.89. The Morgan fingerprint density at radius 3 is 2.61 bits per heavy atom. The summed E-state index contributed by atoms with van der Waals surface area (Å²) in [5.41, 5.74) is 7.89. The molecule has 1 amide bonds. The monoisotopic (exact) mass is 244 g/mol. The first-order valence-corrected chi connectivity index (χ1v) is 6.03. The molecule has 1 aromatic carbocycles. The van der Waals surface area contributed by atoms with Crippen molar-refractivity contribution in [2.75, 3.05) is 13.6 Å². The SMILES string of the molecule is Cc1cc(C#CCN)cc(C(=O)N(C)C(C)C)c1. The molecule has 1 rings (SSSR count). The van der Waals surface area contributed by atoms with Crippen molar-refractivity contribution in [3.63, 3.8) is 0 Å². The van der Waals surface area contributed by atoms with E-state index in [4.69, 9.17) is 5.73 Å². The van der Waals surface area contributed by atoms with Gasteiger partial charge in [-0.1, -0.05) is 11.8 Å². The van der Waals surface area contributed by atoms with Crippen LogP contribution in [0.15, 0.2) is 18.2 Å². The maximum atomic E-state index is 12.2. The molecule has 0 atom stereocenters. The summed E-state index contributed by atoms with van der Waals surface area (Å²) in [5.74, 6) is 5.78. The Bertz CT molecular complexity index is 495. The van der Waals surface area contributed by atoms with Crippen molar-refractivity contribution in [1.29, 1.82) is 0 Å². The van der Waals surface area contributed by atoms with Crippen molar-refractivity contribution in [3.05, 3.63) is 34.9 Å². The molecule has 0 saturated carbocycles. The minimum absolute atomic E-state index is 0.0181. The van der Waals surface area contributed by atoms with Gasteiger partial charge >= 0.3 is 0 Å². The smallest absolute Gasteiger partial charge is 0.253 e. The van der Waals surface area contributed by atoms with Crippen LogP contribution in [0.2, 0.25) is 0 Å². The maximum Gasteiger partial charge on any atom is 0.253 e. The second-order valence-electron chi connectivity index (χ2n) is 4.60. The molecule has 2 N–H and O–H groups in total. The van der Waals surface area contributed by atoms with Gasteiger partial charge in [-0.05, 0) is 44.5 Å². The first-order valence-electron chi connectivity index (χ1n) is 6.03. The highest BCUT2D eigenvalue weighted by atomic mass is 16.2. The zero-order chi connectivity index (χ0) is 13.7. The Morgan fingerprint density at radius 1 is 1.39 bits per heavy atom. The predicted octanol–water partition coefficient (Wildman–Crippen LogP) is 1.79. The van der Waals surface area contributed by atoms with Crippen molar-refractivity contribution in [3.8, 4) is 11.8 Å². The molecule has 96 valence electrons. The highest BCUT2D eigenvalue weighted by Gasteiger charge is 2.14. The molecule has 0 radical (unpaired) electrons. The Labute approximate surface area is 109 Å². The van der Waals surface area contributed by atoms with Gasteiger partial charge in [0.1, 0.15) is 0 Å². The highest BCUT2D eigenvalue weighted by molar-refractivity contribution is 5.94. The molecule has 0 aliphatic rings. The summed E-state index contributed by atoms with van der Waals surface area (Å²) in [4.78, 5) is 13.9. The third-order valence-electron chi connectivity index (χ3n) is 2.75. The van der Waals surface area contributed by atoms with E-state index in [0.717, 1.165) is 11.1 Å². The van der Waals surface area contributed by atoms with Gasteiger partial charge in [-0.25, -0.2) is 0 Å². The fraction of sp³-hybridized carbons (Fsp3) is 0.400. The van der Waals surface area contributed by atoms with Crippen molar-refractivity contribution < 1.29 is 4.79 Å². The van der Waals surface area contributed by atoms with Crippen LogP contribution in [0.4, 0.5) is 0 Å². The number of carbonyl (C=O) groups excluding carboxylic acids is 1. The number of carbonyl (C=O) groups is 1. The molecule has 0 saturated heterocycles. The van der Waals surface area contributed by atoms with Crippen molar-refractivity contribution in [1.82, 2.24) is 4.90 Å². The summed E-state index contributed by atoms with van der Waals surface area (Å²) in [6, 6.07) is 5.83. The molecule has 18 heavy (non-hydrogen) atoms. The van der Waals surface area contributed by atoms with Crippen LogP contribution in [0.25, 0.3) is 0 Å². The summed E-state index contributed by atoms with van der Waals surface area (Å²) >= 11 is 0. The van der Waals surface area contributed by atoms with Crippen molar-refractivity contribution >= 4 is 5.91 Å². The molecule has 0 aromatic heterocycles. The van der Waals surface area contributed by atoms with Gasteiger partial charge in [0.15, 0.2) is 0 Å². The quantitative estimate of drug-likeness (QED) is 0.806. The Morgan fingerprint density at radius 2 is 2.06 bits per heavy atom. The molecule has 3 nitrogen and oxygen atoms in total. The van der Waals surface area contributed by atoms with E-state index in [1.165, 1.54) is 0 Å². The highest BCUT2D eigenvalue weighted by Crippen LogP contribution is 2.12. The first kappa shape index (κ1) is 14.3. The van der Waals surface area contributed by atoms with Crippen LogP contribution in [0.3, 0.4) is 0 Å². The van der Waals surface area contributed by atoms with Gasteiger partial charge in [-0.15, -0.1) is 0 Å². The van der Waals surface area contributed by atoms with Gasteiger partial charge in [-0.3, -0.25) is 4.79 Å². The van der Waals surface area contributed by atoms with E-state index in [-0.39, 0.29) is 11.9 Å². The van der Waals surface area contributed by atoms with Gasteiger partial charge in [0.2, 0.25) is 0 Å². The van der Waals surface area contributed by atoms with Crippen LogP contribution in [0, 0.1) is 18.8 Å². The summed E-state index contributed by atoms with van der Waals surface area (Å²) in [6.45, 7) is 6.26. The zero-order valence-corrected chi connectivity index (χ0v) is 11.4. The Kier molecular flexibility index (Phi) is 4.94. The second kappa shape index (κ2) is 6.23. The van der Waals surface area contributed by atoms with Gasteiger partial charge in [-0.2, -0.15) is 0 Å². The predicted molar refractivity (Wildman–Crippen MR) is 74.3 cm³/mol. The minimum atomic E-state index is 0.0181. The number of benzene rings is 1. The fourth-order valence-electron chi connectivity index (χ4n) is 1.57. The largest absolute Gasteiger partial charge is 0.339 e. The fourth-order valence-corrected chi connectivity index (χ4v) is 1.57. The van der Waals surface area contributed by atoms with Crippen LogP contribution in [-0.2, 0) is 0 Å². The molecule has 1 aromatic rings. The minimum Gasteiger partial charge on any atom is -0.339 e. The molecule has 0 unspecified atom stereocenters. The van der Waals surface area contributed by atoms with E-state index in [1.807, 2.05) is 39.0 Å². The number of rotatable bonds is 2. The second-order valence-corrected chi connectivity index (χ2v) is 4.60. The van der Waals surface area contributed by atoms with Gasteiger partial charge in [0.25, 0.3) is 5.91 Å². The lowest BCUT2D eigenvalue weighted by atomic mass is 10.1. The standard InChI is InChI=1S/C15H20N2O/c1-11(2)17(4)15(18)14-9-12(3)8-13(10-14)6-5-7-16/h8-11H,7,16H2,1-4H3. The topological polar surface area (TPSA) is 46.3 Å². The van der Waals surface area contributed by atoms with E-state index in [0.29, 0.717) is 12.1 Å². The average Bonchev–Trinajstić information content (AvgIpc) is 2.33. The Balaban J connectivity index is 3.10. The number of hydrogen-bond acceptors (Lipinski definition) is 2. The molecule has 0 bridgehead atoms. The third kappa shape index (κ3) is 3.61. The average molecular weight is 244 g/mol. The zero-order valence-electron chi connectivity index (χ0n) is 11.4. The molecule has 0 aliphatic carbocycles. The van der Waals surface area contributed by atoms with E-state index in [1.54, 1.807) is 11.9 Å². The molecule has 0 heterocycles. The third-order valence-corrected chi connectivity index (χ3v) is 2.75. The lowest BCUT2D eigenvalue weighted by Gasteiger charge is -2.21. The van der Waals surface area contributed by atoms with Gasteiger partial charge in [0.05, 0.1) is 6.54 Å². The first-order chi connectivity index (χ1) is 8.45. The maximum absolute atomic E-state index is 12.2. The van der Waals surface area contributed by atoms with E-state index in [9.17, 15) is 4.79 Å². The number of nitrogens with two attached hydrogens (primary N) is 1. The van der Waals surface area contributed by atoms with E-state index >= 15 is 0 Å². The summed E-state index contributed by atoms with van der Waals surface area (Å²) in [5, 5.41) is 0. The number of nitrogens with zero attached hydrogens (tertiary/aromatic N) is 1. The lowest BCUT2D eigenvalue weighted by molar-refractivity contribution is 0.0755. The molecule has 0 spiro atoms. The molecular weight excluding hydrogens is 224 g/mol. The van der Waals surface area contributed by atoms with Gasteiger partial charge < -0.3 is 10.6 Å². The van der Waals surface area contributed by atoms with Crippen LogP contribution < -0.4 is 5.73 Å². The number of aryl methyl sites for hydroxylation is 1. The lowest BCUT2D eigenvalue weighted by Crippen LogP contribution is -2.33. The number of hydrogen-bond donors (Lipinski definition) is 1. The molecule has 0 fully saturated rings. The molecular formula is C15H20N2O. The summed E-state index contributed by atoms with van der Waals surface area (Å²) in [6.07, 6.45) is 0. The van der Waals surface area contributed by atoms with Crippen molar-refractivity contribution in [2.45, 2.75) is 26.8 Å². The summed E-state index contributed by atoms with van der Waals surface area (Å²) in [7, 11) is 1.81.